The molecule has 4 aliphatic carbocycles. The Labute approximate surface area is 133 Å². The molecule has 5 heteroatoms. The van der Waals surface area contributed by atoms with Crippen LogP contribution in [0.5, 0.6) is 0 Å². The first-order valence-corrected chi connectivity index (χ1v) is 10.5. The van der Waals surface area contributed by atoms with Crippen molar-refractivity contribution in [2.75, 3.05) is 18.6 Å². The van der Waals surface area contributed by atoms with Gasteiger partial charge >= 0.3 is 0 Å². The second kappa shape index (κ2) is 4.49. The molecule has 5 aliphatic rings. The van der Waals surface area contributed by atoms with Gasteiger partial charge in [-0.3, -0.25) is 4.79 Å². The van der Waals surface area contributed by atoms with Crippen LogP contribution in [0.1, 0.15) is 51.9 Å². The van der Waals surface area contributed by atoms with Crippen molar-refractivity contribution in [3.05, 3.63) is 0 Å². The van der Waals surface area contributed by atoms with Crippen molar-refractivity contribution in [3.8, 4) is 0 Å². The molecular weight excluding hydrogens is 298 g/mol. The first-order valence-electron chi connectivity index (χ1n) is 8.70. The second-order valence-electron chi connectivity index (χ2n) is 8.90. The van der Waals surface area contributed by atoms with E-state index >= 15 is 0 Å². The third-order valence-corrected chi connectivity index (χ3v) is 8.98. The highest BCUT2D eigenvalue weighted by atomic mass is 32.2. The minimum absolute atomic E-state index is 0.134. The van der Waals surface area contributed by atoms with Crippen molar-refractivity contribution in [3.63, 3.8) is 0 Å². The van der Waals surface area contributed by atoms with Gasteiger partial charge in [-0.05, 0) is 69.6 Å². The molecule has 0 spiro atoms. The van der Waals surface area contributed by atoms with Crippen LogP contribution in [0.15, 0.2) is 0 Å². The van der Waals surface area contributed by atoms with E-state index in [0.717, 1.165) is 37.0 Å². The first kappa shape index (κ1) is 15.0. The second-order valence-corrected chi connectivity index (χ2v) is 11.1. The lowest BCUT2D eigenvalue weighted by Gasteiger charge is -2.57. The van der Waals surface area contributed by atoms with Crippen LogP contribution in [0.25, 0.3) is 0 Å². The summed E-state index contributed by atoms with van der Waals surface area (Å²) in [6.07, 6.45) is 7.69. The highest BCUT2D eigenvalue weighted by molar-refractivity contribution is 7.91. The lowest BCUT2D eigenvalue weighted by Crippen LogP contribution is -2.58. The predicted molar refractivity (Wildman–Crippen MR) is 85.1 cm³/mol. The van der Waals surface area contributed by atoms with Crippen LogP contribution >= 0.6 is 0 Å². The SMILES string of the molecule is CN(C(=O)C12CC3CC(CC(C3)C1)C2)[C@]1(C)CCS(=O)(=O)C1. The van der Waals surface area contributed by atoms with Crippen molar-refractivity contribution in [2.45, 2.75) is 57.4 Å². The molecule has 0 aromatic heterocycles. The average Bonchev–Trinajstić information content (AvgIpc) is 2.71. The fraction of sp³-hybridized carbons (Fsp3) is 0.941. The molecule has 0 aromatic rings. The van der Waals surface area contributed by atoms with Crippen LogP contribution in [-0.4, -0.2) is 43.3 Å². The van der Waals surface area contributed by atoms with Gasteiger partial charge in [0, 0.05) is 7.05 Å². The number of sulfone groups is 1. The highest BCUT2D eigenvalue weighted by Gasteiger charge is 2.57. The van der Waals surface area contributed by atoms with Crippen LogP contribution in [0.4, 0.5) is 0 Å². The van der Waals surface area contributed by atoms with Gasteiger partial charge < -0.3 is 4.90 Å². The molecular formula is C17H27NO3S. The minimum Gasteiger partial charge on any atom is -0.339 e. The number of nitrogens with zero attached hydrogens (tertiary/aromatic N) is 1. The van der Waals surface area contributed by atoms with Gasteiger partial charge in [-0.15, -0.1) is 0 Å². The Balaban J connectivity index is 1.59. The molecule has 22 heavy (non-hydrogen) atoms. The van der Waals surface area contributed by atoms with Gasteiger partial charge in [-0.2, -0.15) is 0 Å². The molecule has 1 atom stereocenters. The molecule has 4 bridgehead atoms. The number of carbonyl (C=O) groups is 1. The van der Waals surface area contributed by atoms with Crippen molar-refractivity contribution in [1.29, 1.82) is 0 Å². The first-order chi connectivity index (χ1) is 10.2. The molecule has 4 nitrogen and oxygen atoms in total. The fourth-order valence-electron chi connectivity index (χ4n) is 6.23. The number of hydrogen-bond donors (Lipinski definition) is 0. The Morgan fingerprint density at radius 1 is 1.05 bits per heavy atom. The molecule has 124 valence electrons. The number of rotatable bonds is 2. The Morgan fingerprint density at radius 3 is 1.95 bits per heavy atom. The smallest absolute Gasteiger partial charge is 0.229 e. The Bertz CT molecular complexity index is 576. The summed E-state index contributed by atoms with van der Waals surface area (Å²) in [5, 5.41) is 0. The van der Waals surface area contributed by atoms with Gasteiger partial charge in [0.1, 0.15) is 0 Å². The summed E-state index contributed by atoms with van der Waals surface area (Å²) in [6, 6.07) is 0. The zero-order valence-corrected chi connectivity index (χ0v) is 14.5. The van der Waals surface area contributed by atoms with Crippen molar-refractivity contribution >= 4 is 15.7 Å². The van der Waals surface area contributed by atoms with E-state index in [1.165, 1.54) is 19.3 Å². The topological polar surface area (TPSA) is 54.5 Å². The van der Waals surface area contributed by atoms with Crippen molar-refractivity contribution in [2.24, 2.45) is 23.2 Å². The standard InChI is InChI=1S/C17H27NO3S/c1-16(3-4-22(20,21)11-16)18(2)15(19)17-8-12-5-13(9-17)7-14(6-12)10-17/h12-14H,3-11H2,1-2H3/t12?,13?,14?,16-,17?/m1/s1. The quantitative estimate of drug-likeness (QED) is 0.782. The molecule has 5 fully saturated rings. The highest BCUT2D eigenvalue weighted by Crippen LogP contribution is 2.60. The van der Waals surface area contributed by atoms with E-state index in [1.807, 2.05) is 18.9 Å². The molecule has 0 N–H and O–H groups in total. The number of carbonyl (C=O) groups excluding carboxylic acids is 1. The van der Waals surface area contributed by atoms with Crippen LogP contribution in [0.2, 0.25) is 0 Å². The van der Waals surface area contributed by atoms with E-state index in [9.17, 15) is 13.2 Å². The fourth-order valence-corrected chi connectivity index (χ4v) is 8.41. The Kier molecular flexibility index (Phi) is 3.06. The van der Waals surface area contributed by atoms with Gasteiger partial charge in [0.2, 0.25) is 5.91 Å². The lowest BCUT2D eigenvalue weighted by molar-refractivity contribution is -0.161. The molecule has 4 saturated carbocycles. The summed E-state index contributed by atoms with van der Waals surface area (Å²) in [4.78, 5) is 15.2. The molecule has 0 unspecified atom stereocenters. The van der Waals surface area contributed by atoms with Gasteiger partial charge in [0.05, 0.1) is 22.5 Å². The molecule has 1 amide bonds. The van der Waals surface area contributed by atoms with Crippen LogP contribution in [0, 0.1) is 23.2 Å². The van der Waals surface area contributed by atoms with E-state index < -0.39 is 15.4 Å². The van der Waals surface area contributed by atoms with Crippen LogP contribution in [0.3, 0.4) is 0 Å². The largest absolute Gasteiger partial charge is 0.339 e. The minimum atomic E-state index is -2.98. The molecule has 1 saturated heterocycles. The zero-order valence-electron chi connectivity index (χ0n) is 13.7. The van der Waals surface area contributed by atoms with Gasteiger partial charge in [-0.1, -0.05) is 0 Å². The summed E-state index contributed by atoms with van der Waals surface area (Å²) < 4.78 is 23.8. The van der Waals surface area contributed by atoms with Crippen LogP contribution in [-0.2, 0) is 14.6 Å². The van der Waals surface area contributed by atoms with E-state index in [-0.39, 0.29) is 22.8 Å². The Hall–Kier alpha value is -0.580. The summed E-state index contributed by atoms with van der Waals surface area (Å²) in [6.45, 7) is 1.95. The van der Waals surface area contributed by atoms with Crippen molar-refractivity contribution < 1.29 is 13.2 Å². The molecule has 0 radical (unpaired) electrons. The summed E-state index contributed by atoms with van der Waals surface area (Å²) in [5.41, 5.74) is -0.669. The third kappa shape index (κ3) is 2.15. The maximum Gasteiger partial charge on any atom is 0.229 e. The lowest BCUT2D eigenvalue weighted by atomic mass is 9.49. The summed E-state index contributed by atoms with van der Waals surface area (Å²) in [5.74, 6) is 2.82. The molecule has 1 aliphatic heterocycles. The van der Waals surface area contributed by atoms with Gasteiger partial charge in [0.15, 0.2) is 9.84 Å². The zero-order chi connectivity index (χ0) is 15.8. The molecule has 0 aromatic carbocycles. The van der Waals surface area contributed by atoms with Crippen molar-refractivity contribution in [1.82, 2.24) is 4.90 Å². The summed E-state index contributed by atoms with van der Waals surface area (Å²) in [7, 11) is -1.13. The van der Waals surface area contributed by atoms with E-state index in [1.54, 1.807) is 0 Å². The third-order valence-electron chi connectivity index (χ3n) is 7.09. The number of hydrogen-bond acceptors (Lipinski definition) is 3. The maximum atomic E-state index is 13.3. The normalized spacial score (nSPS) is 48.5. The average molecular weight is 325 g/mol. The predicted octanol–water partition coefficient (Wildman–Crippen LogP) is 2.24. The van der Waals surface area contributed by atoms with Gasteiger partial charge in [0.25, 0.3) is 0 Å². The van der Waals surface area contributed by atoms with E-state index in [4.69, 9.17) is 0 Å². The van der Waals surface area contributed by atoms with Gasteiger partial charge in [-0.25, -0.2) is 8.42 Å². The Morgan fingerprint density at radius 2 is 1.55 bits per heavy atom. The molecule has 5 rings (SSSR count). The van der Waals surface area contributed by atoms with E-state index in [0.29, 0.717) is 6.42 Å². The summed E-state index contributed by atoms with van der Waals surface area (Å²) >= 11 is 0. The van der Waals surface area contributed by atoms with Crippen LogP contribution < -0.4 is 0 Å². The van der Waals surface area contributed by atoms with E-state index in [2.05, 4.69) is 0 Å². The molecule has 1 heterocycles. The number of amides is 1. The monoisotopic (exact) mass is 325 g/mol. The maximum absolute atomic E-state index is 13.3.